The number of aryl methyl sites for hydroxylation is 1. The summed E-state index contributed by atoms with van der Waals surface area (Å²) in [6.45, 7) is 9.63. The Hall–Kier alpha value is -0.830. The average Bonchev–Trinajstić information content (AvgIpc) is 2.65. The highest BCUT2D eigenvalue weighted by Crippen LogP contribution is 2.12. The molecule has 14 heavy (non-hydrogen) atoms. The molecule has 0 aliphatic rings. The van der Waals surface area contributed by atoms with Crippen molar-refractivity contribution in [2.75, 3.05) is 0 Å². The van der Waals surface area contributed by atoms with E-state index in [4.69, 9.17) is 0 Å². The molecule has 2 atom stereocenters. The lowest BCUT2D eigenvalue weighted by Crippen LogP contribution is -2.27. The molecule has 0 amide bonds. The van der Waals surface area contributed by atoms with Crippen LogP contribution in [0.25, 0.3) is 0 Å². The highest BCUT2D eigenvalue weighted by Gasteiger charge is 2.09. The van der Waals surface area contributed by atoms with Gasteiger partial charge >= 0.3 is 0 Å². The summed E-state index contributed by atoms with van der Waals surface area (Å²) in [4.78, 5) is 0. The fraction of sp³-hybridized carbons (Fsp3) is 0.727. The van der Waals surface area contributed by atoms with E-state index in [-0.39, 0.29) is 0 Å². The molecule has 0 aromatic carbocycles. The molecule has 2 unspecified atom stereocenters. The molecule has 0 fully saturated rings. The van der Waals surface area contributed by atoms with Gasteiger partial charge in [-0.25, -0.2) is 0 Å². The van der Waals surface area contributed by atoms with Crippen molar-refractivity contribution in [2.45, 2.75) is 52.7 Å². The van der Waals surface area contributed by atoms with E-state index in [9.17, 15) is 0 Å². The van der Waals surface area contributed by atoms with Crippen molar-refractivity contribution in [3.63, 3.8) is 0 Å². The van der Waals surface area contributed by atoms with Crippen molar-refractivity contribution in [1.29, 1.82) is 0 Å². The second-order valence-corrected chi connectivity index (χ2v) is 3.83. The third-order valence-electron chi connectivity index (χ3n) is 2.62. The molecule has 1 aromatic rings. The zero-order valence-electron chi connectivity index (χ0n) is 9.62. The number of hydrogen-bond donors (Lipinski definition) is 1. The molecule has 0 aliphatic heterocycles. The van der Waals surface area contributed by atoms with Crippen molar-refractivity contribution in [1.82, 2.24) is 15.1 Å². The molecule has 0 saturated heterocycles. The number of nitrogens with zero attached hydrogens (tertiary/aromatic N) is 2. The Labute approximate surface area is 86.5 Å². The maximum atomic E-state index is 4.27. The topological polar surface area (TPSA) is 29.9 Å². The summed E-state index contributed by atoms with van der Waals surface area (Å²) in [5.41, 5.74) is 1.27. The van der Waals surface area contributed by atoms with E-state index in [2.05, 4.69) is 44.3 Å². The molecule has 3 nitrogen and oxygen atoms in total. The summed E-state index contributed by atoms with van der Waals surface area (Å²) < 4.78 is 1.96. The summed E-state index contributed by atoms with van der Waals surface area (Å²) in [6, 6.07) is 0.959. The van der Waals surface area contributed by atoms with Crippen LogP contribution < -0.4 is 5.32 Å². The van der Waals surface area contributed by atoms with Gasteiger partial charge in [0.2, 0.25) is 0 Å². The number of aromatic nitrogens is 2. The van der Waals surface area contributed by atoms with Crippen LogP contribution in [0.15, 0.2) is 12.4 Å². The minimum absolute atomic E-state index is 0.394. The molecule has 0 radical (unpaired) electrons. The van der Waals surface area contributed by atoms with Crippen LogP contribution in [0.2, 0.25) is 0 Å². The van der Waals surface area contributed by atoms with E-state index in [1.807, 2.05) is 10.9 Å². The van der Waals surface area contributed by atoms with Crippen LogP contribution in [0, 0.1) is 0 Å². The minimum atomic E-state index is 0.394. The van der Waals surface area contributed by atoms with Crippen molar-refractivity contribution in [2.24, 2.45) is 0 Å². The molecule has 1 aromatic heterocycles. The molecule has 3 heteroatoms. The van der Waals surface area contributed by atoms with Gasteiger partial charge in [0, 0.05) is 30.4 Å². The number of hydrogen-bond acceptors (Lipinski definition) is 2. The standard InChI is InChI=1S/C11H21N3/c1-5-9(3)13-10(4)11-7-12-14(6-2)8-11/h7-10,13H,5-6H2,1-4H3. The minimum Gasteiger partial charge on any atom is -0.308 e. The molecule has 1 heterocycles. The third kappa shape index (κ3) is 2.84. The Bertz CT molecular complexity index is 267. The Morgan fingerprint density at radius 3 is 2.64 bits per heavy atom. The van der Waals surface area contributed by atoms with Crippen LogP contribution in [0.4, 0.5) is 0 Å². The number of rotatable bonds is 5. The van der Waals surface area contributed by atoms with Crippen molar-refractivity contribution < 1.29 is 0 Å². The molecular formula is C11H21N3. The lowest BCUT2D eigenvalue weighted by molar-refractivity contribution is 0.469. The van der Waals surface area contributed by atoms with Crippen molar-refractivity contribution in [3.05, 3.63) is 18.0 Å². The van der Waals surface area contributed by atoms with Gasteiger partial charge in [0.15, 0.2) is 0 Å². The number of nitrogens with one attached hydrogen (secondary N) is 1. The van der Waals surface area contributed by atoms with Gasteiger partial charge < -0.3 is 5.32 Å². The quantitative estimate of drug-likeness (QED) is 0.781. The molecule has 80 valence electrons. The van der Waals surface area contributed by atoms with Gasteiger partial charge in [0.25, 0.3) is 0 Å². The maximum absolute atomic E-state index is 4.27. The summed E-state index contributed by atoms with van der Waals surface area (Å²) in [5.74, 6) is 0. The lowest BCUT2D eigenvalue weighted by Gasteiger charge is -2.17. The lowest BCUT2D eigenvalue weighted by atomic mass is 10.1. The van der Waals surface area contributed by atoms with E-state index in [1.165, 1.54) is 5.56 Å². The second-order valence-electron chi connectivity index (χ2n) is 3.83. The summed E-state index contributed by atoms with van der Waals surface area (Å²) in [7, 11) is 0. The predicted molar refractivity (Wildman–Crippen MR) is 59.2 cm³/mol. The Morgan fingerprint density at radius 1 is 1.43 bits per heavy atom. The first-order chi connectivity index (χ1) is 6.67. The monoisotopic (exact) mass is 195 g/mol. The summed E-state index contributed by atoms with van der Waals surface area (Å²) in [6.07, 6.45) is 5.22. The van der Waals surface area contributed by atoms with Crippen LogP contribution in [-0.2, 0) is 6.54 Å². The maximum Gasteiger partial charge on any atom is 0.0537 e. The molecule has 0 aliphatic carbocycles. The van der Waals surface area contributed by atoms with Crippen molar-refractivity contribution >= 4 is 0 Å². The highest BCUT2D eigenvalue weighted by molar-refractivity contribution is 5.09. The molecule has 0 bridgehead atoms. The van der Waals surface area contributed by atoms with Gasteiger partial charge in [-0.2, -0.15) is 5.10 Å². The Balaban J connectivity index is 2.55. The van der Waals surface area contributed by atoms with Crippen LogP contribution in [0.1, 0.15) is 45.7 Å². The van der Waals surface area contributed by atoms with E-state index < -0.39 is 0 Å². The normalized spacial score (nSPS) is 15.4. The van der Waals surface area contributed by atoms with E-state index in [0.717, 1.165) is 13.0 Å². The average molecular weight is 195 g/mol. The second kappa shape index (κ2) is 5.15. The molecular weight excluding hydrogens is 174 g/mol. The fourth-order valence-electron chi connectivity index (χ4n) is 1.42. The predicted octanol–water partition coefficient (Wildman–Crippen LogP) is 2.35. The Morgan fingerprint density at radius 2 is 2.14 bits per heavy atom. The van der Waals surface area contributed by atoms with Gasteiger partial charge in [-0.3, -0.25) is 4.68 Å². The van der Waals surface area contributed by atoms with Gasteiger partial charge in [-0.1, -0.05) is 6.92 Å². The fourth-order valence-corrected chi connectivity index (χ4v) is 1.42. The van der Waals surface area contributed by atoms with Gasteiger partial charge in [0.1, 0.15) is 0 Å². The van der Waals surface area contributed by atoms with Gasteiger partial charge in [-0.05, 0) is 27.2 Å². The first kappa shape index (κ1) is 11.2. The van der Waals surface area contributed by atoms with E-state index in [0.29, 0.717) is 12.1 Å². The first-order valence-electron chi connectivity index (χ1n) is 5.45. The van der Waals surface area contributed by atoms with Crippen LogP contribution in [0.3, 0.4) is 0 Å². The smallest absolute Gasteiger partial charge is 0.0537 e. The molecule has 1 N–H and O–H groups in total. The van der Waals surface area contributed by atoms with Crippen molar-refractivity contribution in [3.8, 4) is 0 Å². The zero-order valence-corrected chi connectivity index (χ0v) is 9.62. The summed E-state index contributed by atoms with van der Waals surface area (Å²) in [5, 5.41) is 7.80. The molecule has 1 rings (SSSR count). The molecule has 0 saturated carbocycles. The van der Waals surface area contributed by atoms with Gasteiger partial charge in [-0.15, -0.1) is 0 Å². The largest absolute Gasteiger partial charge is 0.308 e. The van der Waals surface area contributed by atoms with Crippen LogP contribution in [0.5, 0.6) is 0 Å². The van der Waals surface area contributed by atoms with Crippen LogP contribution >= 0.6 is 0 Å². The molecule has 0 spiro atoms. The zero-order chi connectivity index (χ0) is 10.6. The van der Waals surface area contributed by atoms with E-state index >= 15 is 0 Å². The Kier molecular flexibility index (Phi) is 4.14. The highest BCUT2D eigenvalue weighted by atomic mass is 15.3. The third-order valence-corrected chi connectivity index (χ3v) is 2.62. The van der Waals surface area contributed by atoms with E-state index in [1.54, 1.807) is 0 Å². The first-order valence-corrected chi connectivity index (χ1v) is 5.45. The SMILES string of the molecule is CCC(C)NC(C)c1cnn(CC)c1. The summed E-state index contributed by atoms with van der Waals surface area (Å²) >= 11 is 0. The van der Waals surface area contributed by atoms with Gasteiger partial charge in [0.05, 0.1) is 6.20 Å². The van der Waals surface area contributed by atoms with Crippen LogP contribution in [-0.4, -0.2) is 15.8 Å².